The number of nitrogens with two attached hydrogens (primary N) is 2. The molecule has 0 fully saturated rings. The van der Waals surface area contributed by atoms with Gasteiger partial charge in [0.2, 0.25) is 0 Å². The Hall–Kier alpha value is -3.84. The molecule has 7 N–H and O–H groups in total. The van der Waals surface area contributed by atoms with Gasteiger partial charge in [-0.25, -0.2) is 4.98 Å². The van der Waals surface area contributed by atoms with Crippen molar-refractivity contribution in [3.63, 3.8) is 0 Å². The first-order valence-electron chi connectivity index (χ1n) is 9.58. The number of fused-ring (bicyclic) bond motifs is 1. The number of methoxy groups -OCH3 is 1. The molecule has 0 saturated carbocycles. The summed E-state index contributed by atoms with van der Waals surface area (Å²) in [6, 6.07) is 13.8. The number of nitrogens with zero attached hydrogens (tertiary/aromatic N) is 1. The molecule has 0 radical (unpaired) electrons. The Kier molecular flexibility index (Phi) is 5.36. The highest BCUT2D eigenvalue weighted by molar-refractivity contribution is 5.98. The summed E-state index contributed by atoms with van der Waals surface area (Å²) in [5.41, 5.74) is 18.4. The number of pyridine rings is 1. The minimum absolute atomic E-state index is 0.464. The maximum atomic E-state index is 7.78. The van der Waals surface area contributed by atoms with Crippen molar-refractivity contribution in [2.24, 2.45) is 0 Å². The smallest absolute Gasteiger partial charge is 0.124 e. The molecule has 0 bridgehead atoms. The fourth-order valence-corrected chi connectivity index (χ4v) is 3.56. The maximum absolute atomic E-state index is 7.78. The van der Waals surface area contributed by atoms with E-state index in [9.17, 15) is 0 Å². The molecule has 0 aliphatic rings. The zero-order chi connectivity index (χ0) is 21.1. The van der Waals surface area contributed by atoms with E-state index in [4.69, 9.17) is 21.6 Å². The van der Waals surface area contributed by atoms with Crippen molar-refractivity contribution in [2.75, 3.05) is 18.6 Å². The molecule has 0 aliphatic carbocycles. The van der Waals surface area contributed by atoms with Gasteiger partial charge in [-0.2, -0.15) is 0 Å². The largest absolute Gasteiger partial charge is 0.497 e. The van der Waals surface area contributed by atoms with Crippen LogP contribution in [0.25, 0.3) is 22.0 Å². The van der Waals surface area contributed by atoms with Crippen LogP contribution in [0.2, 0.25) is 0 Å². The van der Waals surface area contributed by atoms with E-state index in [1.807, 2.05) is 42.6 Å². The number of hydrogen-bond donors (Lipinski definition) is 5. The van der Waals surface area contributed by atoms with Gasteiger partial charge in [0, 0.05) is 47.7 Å². The van der Waals surface area contributed by atoms with E-state index < -0.39 is 0 Å². The first kappa shape index (κ1) is 19.5. The molecule has 4 aromatic rings. The third-order valence-corrected chi connectivity index (χ3v) is 5.13. The summed E-state index contributed by atoms with van der Waals surface area (Å²) < 4.78 is 5.28. The SMILES string of the molecule is COc1cccc(CNCc2cc(-c3c[nH]c4cnc(N)cc34)cc(C=N)c2N)c1. The standard InChI is InChI=1S/C23H24N6O/c1-30-18-4-2-3-14(5-18)10-27-11-17-7-15(6-16(9-24)23(17)26)20-12-28-21-13-29-22(25)8-19(20)21/h2-9,12-13,24,27-28H,10-11,26H2,1H3,(H2,25,29). The van der Waals surface area contributed by atoms with Crippen LogP contribution in [0.3, 0.4) is 0 Å². The van der Waals surface area contributed by atoms with E-state index in [0.29, 0.717) is 30.2 Å². The van der Waals surface area contributed by atoms with Crippen LogP contribution in [-0.2, 0) is 13.1 Å². The van der Waals surface area contributed by atoms with Gasteiger partial charge in [-0.15, -0.1) is 0 Å². The van der Waals surface area contributed by atoms with E-state index in [1.165, 1.54) is 6.21 Å². The second-order valence-corrected chi connectivity index (χ2v) is 7.09. The third kappa shape index (κ3) is 3.83. The van der Waals surface area contributed by atoms with Crippen LogP contribution in [-0.4, -0.2) is 23.3 Å². The van der Waals surface area contributed by atoms with Gasteiger partial charge >= 0.3 is 0 Å². The van der Waals surface area contributed by atoms with Gasteiger partial charge < -0.3 is 31.9 Å². The van der Waals surface area contributed by atoms with Crippen molar-refractivity contribution >= 4 is 28.6 Å². The number of ether oxygens (including phenoxy) is 1. The Morgan fingerprint density at radius 2 is 2.03 bits per heavy atom. The molecule has 30 heavy (non-hydrogen) atoms. The first-order chi connectivity index (χ1) is 14.6. The van der Waals surface area contributed by atoms with Crippen LogP contribution < -0.4 is 21.5 Å². The molecular formula is C23H24N6O. The van der Waals surface area contributed by atoms with Crippen LogP contribution in [0.1, 0.15) is 16.7 Å². The molecule has 2 aromatic heterocycles. The van der Waals surface area contributed by atoms with E-state index in [-0.39, 0.29) is 0 Å². The second-order valence-electron chi connectivity index (χ2n) is 7.09. The highest BCUT2D eigenvalue weighted by Crippen LogP contribution is 2.32. The molecular weight excluding hydrogens is 376 g/mol. The van der Waals surface area contributed by atoms with Gasteiger partial charge in [-0.3, -0.25) is 0 Å². The monoisotopic (exact) mass is 400 g/mol. The lowest BCUT2D eigenvalue weighted by molar-refractivity contribution is 0.414. The average Bonchev–Trinajstić information content (AvgIpc) is 3.18. The summed E-state index contributed by atoms with van der Waals surface area (Å²) in [6.07, 6.45) is 4.94. The summed E-state index contributed by atoms with van der Waals surface area (Å²) >= 11 is 0. The minimum Gasteiger partial charge on any atom is -0.497 e. The Morgan fingerprint density at radius 3 is 2.83 bits per heavy atom. The van der Waals surface area contributed by atoms with E-state index in [2.05, 4.69) is 21.4 Å². The molecule has 0 spiro atoms. The van der Waals surface area contributed by atoms with Crippen molar-refractivity contribution in [3.8, 4) is 16.9 Å². The van der Waals surface area contributed by atoms with E-state index >= 15 is 0 Å². The van der Waals surface area contributed by atoms with Gasteiger partial charge in [0.15, 0.2) is 0 Å². The molecule has 7 heteroatoms. The number of rotatable bonds is 7. The molecule has 0 saturated heterocycles. The second kappa shape index (κ2) is 8.26. The van der Waals surface area contributed by atoms with Crippen molar-refractivity contribution in [1.29, 1.82) is 5.41 Å². The lowest BCUT2D eigenvalue weighted by atomic mass is 9.98. The number of nitrogen functional groups attached to an aromatic ring is 2. The lowest BCUT2D eigenvalue weighted by Gasteiger charge is -2.13. The third-order valence-electron chi connectivity index (χ3n) is 5.13. The van der Waals surface area contributed by atoms with Crippen LogP contribution in [0.5, 0.6) is 5.75 Å². The Balaban J connectivity index is 1.63. The van der Waals surface area contributed by atoms with Crippen molar-refractivity contribution in [3.05, 3.63) is 71.5 Å². The van der Waals surface area contributed by atoms with Crippen molar-refractivity contribution in [2.45, 2.75) is 13.1 Å². The quantitative estimate of drug-likeness (QED) is 0.239. The lowest BCUT2D eigenvalue weighted by Crippen LogP contribution is -2.15. The van der Waals surface area contributed by atoms with Crippen molar-refractivity contribution < 1.29 is 4.74 Å². The number of H-pyrrole nitrogens is 1. The topological polar surface area (TPSA) is 126 Å². The fourth-order valence-electron chi connectivity index (χ4n) is 3.56. The van der Waals surface area contributed by atoms with E-state index in [1.54, 1.807) is 13.3 Å². The predicted octanol–water partition coefficient (Wildman–Crippen LogP) is 3.69. The number of benzene rings is 2. The predicted molar refractivity (Wildman–Crippen MR) is 122 cm³/mol. The van der Waals surface area contributed by atoms with E-state index in [0.717, 1.165) is 38.9 Å². The molecule has 4 rings (SSSR count). The molecule has 2 aromatic carbocycles. The van der Waals surface area contributed by atoms with Crippen LogP contribution in [0.4, 0.5) is 11.5 Å². The van der Waals surface area contributed by atoms with Crippen LogP contribution in [0.15, 0.2) is 54.9 Å². The Bertz CT molecular complexity index is 1210. The molecule has 0 amide bonds. The first-order valence-corrected chi connectivity index (χ1v) is 9.58. The number of anilines is 2. The van der Waals surface area contributed by atoms with Gasteiger partial charge in [-0.05, 0) is 47.0 Å². The molecule has 2 heterocycles. The van der Waals surface area contributed by atoms with Gasteiger partial charge in [0.05, 0.1) is 18.8 Å². The average molecular weight is 400 g/mol. The van der Waals surface area contributed by atoms with Crippen molar-refractivity contribution in [1.82, 2.24) is 15.3 Å². The van der Waals surface area contributed by atoms with Gasteiger partial charge in [0.1, 0.15) is 11.6 Å². The minimum atomic E-state index is 0.464. The Labute approximate surface area is 174 Å². The molecule has 0 atom stereocenters. The zero-order valence-electron chi connectivity index (χ0n) is 16.7. The van der Waals surface area contributed by atoms with Crippen LogP contribution >= 0.6 is 0 Å². The molecule has 0 unspecified atom stereocenters. The molecule has 0 aliphatic heterocycles. The van der Waals surface area contributed by atoms with Gasteiger partial charge in [0.25, 0.3) is 0 Å². The summed E-state index contributed by atoms with van der Waals surface area (Å²) in [7, 11) is 1.66. The number of aromatic nitrogens is 2. The Morgan fingerprint density at radius 1 is 1.17 bits per heavy atom. The number of aromatic amines is 1. The summed E-state index contributed by atoms with van der Waals surface area (Å²) in [5.74, 6) is 1.29. The summed E-state index contributed by atoms with van der Waals surface area (Å²) in [4.78, 5) is 7.36. The van der Waals surface area contributed by atoms with Crippen LogP contribution in [0, 0.1) is 5.41 Å². The molecule has 7 nitrogen and oxygen atoms in total. The maximum Gasteiger partial charge on any atom is 0.124 e. The van der Waals surface area contributed by atoms with Gasteiger partial charge in [-0.1, -0.05) is 12.1 Å². The number of hydrogen-bond acceptors (Lipinski definition) is 6. The zero-order valence-corrected chi connectivity index (χ0v) is 16.7. The summed E-state index contributed by atoms with van der Waals surface area (Å²) in [6.45, 7) is 1.25. The number of nitrogens with one attached hydrogen (secondary N) is 3. The highest BCUT2D eigenvalue weighted by Gasteiger charge is 2.12. The fraction of sp³-hybridized carbons (Fsp3) is 0.130. The molecule has 152 valence electrons. The normalized spacial score (nSPS) is 11.0. The summed E-state index contributed by atoms with van der Waals surface area (Å²) in [5, 5.41) is 12.2. The highest BCUT2D eigenvalue weighted by atomic mass is 16.5.